The van der Waals surface area contributed by atoms with E-state index in [0.717, 1.165) is 64.5 Å². The standard InChI is InChI=1S/C21H31N3O3S.C2HF3O2/c25-19(23-16-7-5-15(6-8-16)21(26)27)13-1-3-14(4-2-13)20-24-17-9-11-22-12-10-18(17)28-20;3-2(4,5)1(6)7/h13-16,22H,1-12H2,(H,23,25)(H,26,27);(H,6,7). The molecule has 1 aromatic heterocycles. The first-order valence-electron chi connectivity index (χ1n) is 12.1. The lowest BCUT2D eigenvalue weighted by atomic mass is 9.81. The number of thiazole rings is 1. The van der Waals surface area contributed by atoms with Crippen molar-refractivity contribution in [2.75, 3.05) is 13.1 Å². The fourth-order valence-corrected chi connectivity index (χ4v) is 6.19. The summed E-state index contributed by atoms with van der Waals surface area (Å²) in [6, 6.07) is 0.157. The minimum Gasteiger partial charge on any atom is -0.481 e. The molecule has 196 valence electrons. The molecule has 35 heavy (non-hydrogen) atoms. The summed E-state index contributed by atoms with van der Waals surface area (Å²) in [5, 5.41) is 24.1. The molecule has 1 aliphatic heterocycles. The molecule has 0 atom stereocenters. The molecule has 0 unspecified atom stereocenters. The van der Waals surface area contributed by atoms with Gasteiger partial charge in [-0.25, -0.2) is 9.78 Å². The molecule has 2 fully saturated rings. The Morgan fingerprint density at radius 3 is 2.06 bits per heavy atom. The molecular formula is C23H32F3N3O5S. The number of carbonyl (C=O) groups is 3. The molecule has 4 N–H and O–H groups in total. The second-order valence-electron chi connectivity index (χ2n) is 9.42. The SMILES string of the molecule is O=C(O)C(F)(F)F.O=C(O)C1CCC(NC(=O)C2CCC(c3nc4c(s3)CCNCC4)CC2)CC1. The molecular weight excluding hydrogens is 487 g/mol. The highest BCUT2D eigenvalue weighted by molar-refractivity contribution is 7.11. The topological polar surface area (TPSA) is 129 Å². The summed E-state index contributed by atoms with van der Waals surface area (Å²) in [4.78, 5) is 39.0. The van der Waals surface area contributed by atoms with Gasteiger partial charge in [0.2, 0.25) is 5.91 Å². The Morgan fingerprint density at radius 2 is 1.49 bits per heavy atom. The molecule has 0 aromatic carbocycles. The third-order valence-corrected chi connectivity index (χ3v) is 8.29. The van der Waals surface area contributed by atoms with Crippen LogP contribution in [0.2, 0.25) is 0 Å². The highest BCUT2D eigenvalue weighted by Crippen LogP contribution is 2.39. The number of nitrogens with one attached hydrogen (secondary N) is 2. The first kappa shape index (κ1) is 27.4. The largest absolute Gasteiger partial charge is 0.490 e. The number of amides is 1. The molecule has 1 amide bonds. The monoisotopic (exact) mass is 519 g/mol. The second kappa shape index (κ2) is 12.2. The lowest BCUT2D eigenvalue weighted by molar-refractivity contribution is -0.192. The minimum absolute atomic E-state index is 0.107. The first-order chi connectivity index (χ1) is 16.5. The van der Waals surface area contributed by atoms with E-state index in [1.54, 1.807) is 0 Å². The summed E-state index contributed by atoms with van der Waals surface area (Å²) in [5.74, 6) is -2.88. The van der Waals surface area contributed by atoms with Gasteiger partial charge in [-0.15, -0.1) is 11.3 Å². The smallest absolute Gasteiger partial charge is 0.481 e. The fourth-order valence-electron chi connectivity index (χ4n) is 4.91. The van der Waals surface area contributed by atoms with Gasteiger partial charge in [0.15, 0.2) is 0 Å². The van der Waals surface area contributed by atoms with Crippen molar-refractivity contribution < 1.29 is 37.8 Å². The number of carboxylic acids is 2. The number of hydrogen-bond acceptors (Lipinski definition) is 6. The third kappa shape index (κ3) is 7.89. The Morgan fingerprint density at radius 1 is 0.914 bits per heavy atom. The van der Waals surface area contributed by atoms with Gasteiger partial charge in [-0.1, -0.05) is 0 Å². The summed E-state index contributed by atoms with van der Waals surface area (Å²) in [6.45, 7) is 2.08. The van der Waals surface area contributed by atoms with Gasteiger partial charge >= 0.3 is 18.1 Å². The molecule has 0 bridgehead atoms. The number of alkyl halides is 3. The highest BCUT2D eigenvalue weighted by atomic mass is 32.1. The van der Waals surface area contributed by atoms with E-state index in [-0.39, 0.29) is 23.8 Å². The Labute approximate surface area is 205 Å². The molecule has 0 spiro atoms. The number of hydrogen-bond donors (Lipinski definition) is 4. The summed E-state index contributed by atoms with van der Waals surface area (Å²) in [5.41, 5.74) is 1.29. The number of fused-ring (bicyclic) bond motifs is 1. The van der Waals surface area contributed by atoms with Crippen molar-refractivity contribution in [1.29, 1.82) is 0 Å². The lowest BCUT2D eigenvalue weighted by Crippen LogP contribution is -2.42. The van der Waals surface area contributed by atoms with E-state index in [0.29, 0.717) is 18.8 Å². The van der Waals surface area contributed by atoms with Crippen LogP contribution in [-0.4, -0.2) is 58.4 Å². The second-order valence-corrected chi connectivity index (χ2v) is 10.5. The van der Waals surface area contributed by atoms with Crippen LogP contribution in [-0.2, 0) is 27.2 Å². The molecule has 2 heterocycles. The van der Waals surface area contributed by atoms with Gasteiger partial charge in [0.1, 0.15) is 0 Å². The number of aliphatic carboxylic acids is 2. The summed E-state index contributed by atoms with van der Waals surface area (Å²) >= 11 is 1.90. The molecule has 0 saturated heterocycles. The average molecular weight is 520 g/mol. The van der Waals surface area contributed by atoms with E-state index >= 15 is 0 Å². The van der Waals surface area contributed by atoms with Crippen LogP contribution in [0.3, 0.4) is 0 Å². The van der Waals surface area contributed by atoms with Crippen LogP contribution in [0, 0.1) is 11.8 Å². The van der Waals surface area contributed by atoms with Gasteiger partial charge in [0.25, 0.3) is 0 Å². The van der Waals surface area contributed by atoms with Crippen molar-refractivity contribution in [3.63, 3.8) is 0 Å². The number of nitrogens with zero attached hydrogens (tertiary/aromatic N) is 1. The average Bonchev–Trinajstić information content (AvgIpc) is 3.09. The maximum absolute atomic E-state index is 12.7. The Balaban J connectivity index is 0.000000429. The summed E-state index contributed by atoms with van der Waals surface area (Å²) in [6.07, 6.45) is 3.95. The molecule has 2 aliphatic carbocycles. The van der Waals surface area contributed by atoms with Crippen molar-refractivity contribution in [3.05, 3.63) is 15.6 Å². The summed E-state index contributed by atoms with van der Waals surface area (Å²) < 4.78 is 31.7. The van der Waals surface area contributed by atoms with Crippen LogP contribution in [0.1, 0.15) is 72.9 Å². The van der Waals surface area contributed by atoms with E-state index in [4.69, 9.17) is 20.0 Å². The van der Waals surface area contributed by atoms with Gasteiger partial charge in [-0.2, -0.15) is 13.2 Å². The van der Waals surface area contributed by atoms with Crippen molar-refractivity contribution in [3.8, 4) is 0 Å². The van der Waals surface area contributed by atoms with Crippen LogP contribution in [0.4, 0.5) is 13.2 Å². The van der Waals surface area contributed by atoms with Gasteiger partial charge in [0, 0.05) is 42.3 Å². The first-order valence-corrected chi connectivity index (χ1v) is 12.9. The normalized spacial score (nSPS) is 26.9. The zero-order valence-electron chi connectivity index (χ0n) is 19.4. The maximum atomic E-state index is 12.7. The van der Waals surface area contributed by atoms with Gasteiger partial charge in [-0.05, 0) is 57.8 Å². The molecule has 0 radical (unpaired) electrons. The number of aromatic nitrogens is 1. The van der Waals surface area contributed by atoms with Crippen molar-refractivity contribution in [2.24, 2.45) is 11.8 Å². The van der Waals surface area contributed by atoms with Crippen molar-refractivity contribution >= 4 is 29.2 Å². The molecule has 1 aromatic rings. The zero-order valence-corrected chi connectivity index (χ0v) is 20.2. The van der Waals surface area contributed by atoms with E-state index in [2.05, 4.69) is 10.6 Å². The van der Waals surface area contributed by atoms with Crippen LogP contribution in [0.25, 0.3) is 0 Å². The van der Waals surface area contributed by atoms with Crippen LogP contribution >= 0.6 is 11.3 Å². The quantitative estimate of drug-likeness (QED) is 0.479. The van der Waals surface area contributed by atoms with Crippen LogP contribution < -0.4 is 10.6 Å². The number of rotatable bonds is 4. The lowest BCUT2D eigenvalue weighted by Gasteiger charge is -2.31. The maximum Gasteiger partial charge on any atom is 0.490 e. The Hall–Kier alpha value is -2.21. The molecule has 2 saturated carbocycles. The van der Waals surface area contributed by atoms with Crippen molar-refractivity contribution in [2.45, 2.75) is 82.3 Å². The van der Waals surface area contributed by atoms with Crippen LogP contribution in [0.5, 0.6) is 0 Å². The summed E-state index contributed by atoms with van der Waals surface area (Å²) in [7, 11) is 0. The predicted octanol–water partition coefficient (Wildman–Crippen LogP) is 3.50. The van der Waals surface area contributed by atoms with E-state index in [1.807, 2.05) is 11.3 Å². The number of halogens is 3. The number of carbonyl (C=O) groups excluding carboxylic acids is 1. The molecule has 3 aliphatic rings. The van der Waals surface area contributed by atoms with Crippen molar-refractivity contribution in [1.82, 2.24) is 15.6 Å². The molecule has 8 nitrogen and oxygen atoms in total. The molecule has 12 heteroatoms. The third-order valence-electron chi connectivity index (χ3n) is 6.97. The number of carboxylic acid groups (broad SMARTS) is 2. The van der Waals surface area contributed by atoms with Gasteiger partial charge in [0.05, 0.1) is 16.6 Å². The Bertz CT molecular complexity index is 868. The highest BCUT2D eigenvalue weighted by Gasteiger charge is 2.38. The molecule has 4 rings (SSSR count). The van der Waals surface area contributed by atoms with E-state index < -0.39 is 18.1 Å². The van der Waals surface area contributed by atoms with Gasteiger partial charge < -0.3 is 20.8 Å². The fraction of sp³-hybridized carbons (Fsp3) is 0.739. The zero-order chi connectivity index (χ0) is 25.6. The van der Waals surface area contributed by atoms with Crippen LogP contribution in [0.15, 0.2) is 0 Å². The Kier molecular flexibility index (Phi) is 9.51. The minimum atomic E-state index is -5.08. The van der Waals surface area contributed by atoms with Gasteiger partial charge in [-0.3, -0.25) is 9.59 Å². The van der Waals surface area contributed by atoms with E-state index in [9.17, 15) is 22.8 Å². The van der Waals surface area contributed by atoms with E-state index in [1.165, 1.54) is 15.6 Å². The predicted molar refractivity (Wildman–Crippen MR) is 122 cm³/mol.